The van der Waals surface area contributed by atoms with E-state index in [-0.39, 0.29) is 17.6 Å². The first-order valence-electron chi connectivity index (χ1n) is 12.3. The highest BCUT2D eigenvalue weighted by Gasteiger charge is 2.34. The standard InChI is InChI=1S/C29H28BrN3O4/c30-25-13-7-8-14-26(25)32(27(34)20-15-21-9-3-1-4-10-21)28(22-16-18-24(19-17-22)33(36)37)29(35)31-23-11-5-2-6-12-23/h1,3-4,7-10,13-20,23,28H,2,5-6,11-12H2,(H,31,35)/b20-15+. The van der Waals surface area contributed by atoms with Gasteiger partial charge in [0, 0.05) is 28.7 Å². The van der Waals surface area contributed by atoms with Crippen molar-refractivity contribution in [3.8, 4) is 0 Å². The van der Waals surface area contributed by atoms with Crippen LogP contribution >= 0.6 is 15.9 Å². The minimum atomic E-state index is -1.03. The lowest BCUT2D eigenvalue weighted by atomic mass is 9.94. The van der Waals surface area contributed by atoms with E-state index in [9.17, 15) is 19.7 Å². The number of carbonyl (C=O) groups excluding carboxylic acids is 2. The molecule has 0 heterocycles. The molecule has 0 aromatic heterocycles. The maximum atomic E-state index is 13.9. The van der Waals surface area contributed by atoms with Crippen molar-refractivity contribution in [3.05, 3.63) is 111 Å². The molecular formula is C29H28BrN3O4. The van der Waals surface area contributed by atoms with Gasteiger partial charge in [-0.3, -0.25) is 24.6 Å². The minimum Gasteiger partial charge on any atom is -0.351 e. The van der Waals surface area contributed by atoms with E-state index >= 15 is 0 Å². The van der Waals surface area contributed by atoms with Gasteiger partial charge >= 0.3 is 0 Å². The molecule has 7 nitrogen and oxygen atoms in total. The molecule has 1 aliphatic rings. The molecule has 1 aliphatic carbocycles. The minimum absolute atomic E-state index is 0.0258. The normalized spacial score (nSPS) is 14.7. The molecule has 1 atom stereocenters. The van der Waals surface area contributed by atoms with Crippen LogP contribution in [-0.4, -0.2) is 22.8 Å². The number of non-ortho nitro benzene ring substituents is 1. The fraction of sp³-hybridized carbons (Fsp3) is 0.241. The van der Waals surface area contributed by atoms with E-state index in [0.29, 0.717) is 15.7 Å². The quantitative estimate of drug-likeness (QED) is 0.190. The number of hydrogen-bond acceptors (Lipinski definition) is 4. The van der Waals surface area contributed by atoms with Gasteiger partial charge in [0.05, 0.1) is 10.6 Å². The van der Waals surface area contributed by atoms with Gasteiger partial charge in [0.2, 0.25) is 5.91 Å². The second kappa shape index (κ2) is 12.5. The number of nitro benzene ring substituents is 1. The molecule has 0 aliphatic heterocycles. The van der Waals surface area contributed by atoms with Crippen LogP contribution in [0.2, 0.25) is 0 Å². The molecule has 37 heavy (non-hydrogen) atoms. The van der Waals surface area contributed by atoms with Gasteiger partial charge in [0.1, 0.15) is 6.04 Å². The van der Waals surface area contributed by atoms with Gasteiger partial charge in [-0.1, -0.05) is 61.7 Å². The molecule has 3 aromatic carbocycles. The summed E-state index contributed by atoms with van der Waals surface area (Å²) in [5.74, 6) is -0.712. The number of amides is 2. The smallest absolute Gasteiger partial charge is 0.269 e. The van der Waals surface area contributed by atoms with Gasteiger partial charge < -0.3 is 5.32 Å². The molecule has 1 unspecified atom stereocenters. The second-order valence-corrected chi connectivity index (χ2v) is 9.85. The van der Waals surface area contributed by atoms with Crippen LogP contribution in [0.5, 0.6) is 0 Å². The zero-order valence-corrected chi connectivity index (χ0v) is 21.8. The van der Waals surface area contributed by atoms with Crippen LogP contribution in [0.1, 0.15) is 49.3 Å². The van der Waals surface area contributed by atoms with E-state index in [1.54, 1.807) is 30.3 Å². The Kier molecular flexibility index (Phi) is 8.85. The molecule has 1 saturated carbocycles. The first kappa shape index (κ1) is 26.3. The summed E-state index contributed by atoms with van der Waals surface area (Å²) in [6.45, 7) is 0. The molecule has 1 N–H and O–H groups in total. The lowest BCUT2D eigenvalue weighted by molar-refractivity contribution is -0.384. The predicted octanol–water partition coefficient (Wildman–Crippen LogP) is 6.59. The second-order valence-electron chi connectivity index (χ2n) is 9.00. The maximum Gasteiger partial charge on any atom is 0.269 e. The number of anilines is 1. The number of nitrogens with zero attached hydrogens (tertiary/aromatic N) is 2. The summed E-state index contributed by atoms with van der Waals surface area (Å²) in [5, 5.41) is 14.4. The van der Waals surface area contributed by atoms with Gasteiger partial charge in [-0.2, -0.15) is 0 Å². The largest absolute Gasteiger partial charge is 0.351 e. The SMILES string of the molecule is O=C(NC1CCCCC1)C(c1ccc([N+](=O)[O-])cc1)N(C(=O)/C=C/c1ccccc1)c1ccccc1Br. The van der Waals surface area contributed by atoms with Gasteiger partial charge in [-0.25, -0.2) is 0 Å². The fourth-order valence-electron chi connectivity index (χ4n) is 4.57. The Labute approximate surface area is 224 Å². The lowest BCUT2D eigenvalue weighted by Crippen LogP contribution is -2.47. The highest BCUT2D eigenvalue weighted by Crippen LogP contribution is 2.35. The first-order valence-corrected chi connectivity index (χ1v) is 13.1. The van der Waals surface area contributed by atoms with E-state index in [4.69, 9.17) is 0 Å². The van der Waals surface area contributed by atoms with Gasteiger partial charge in [-0.05, 0) is 70.2 Å². The summed E-state index contributed by atoms with van der Waals surface area (Å²) in [6.07, 6.45) is 8.15. The number of nitrogens with one attached hydrogen (secondary N) is 1. The van der Waals surface area contributed by atoms with Crippen LogP contribution in [0, 0.1) is 10.1 Å². The maximum absolute atomic E-state index is 13.9. The number of halogens is 1. The van der Waals surface area contributed by atoms with Crippen molar-refractivity contribution in [1.29, 1.82) is 0 Å². The molecule has 1 fully saturated rings. The summed E-state index contributed by atoms with van der Waals surface area (Å²) < 4.78 is 0.647. The molecule has 4 rings (SSSR count). The van der Waals surface area contributed by atoms with Crippen molar-refractivity contribution in [2.24, 2.45) is 0 Å². The average molecular weight is 562 g/mol. The van der Waals surface area contributed by atoms with Crippen LogP contribution in [-0.2, 0) is 9.59 Å². The number of para-hydroxylation sites is 1. The Bertz CT molecular complexity index is 1270. The molecular weight excluding hydrogens is 534 g/mol. The lowest BCUT2D eigenvalue weighted by Gasteiger charge is -2.33. The Morgan fingerprint density at radius 2 is 1.59 bits per heavy atom. The van der Waals surface area contributed by atoms with E-state index in [1.807, 2.05) is 42.5 Å². The molecule has 0 radical (unpaired) electrons. The van der Waals surface area contributed by atoms with Crippen molar-refractivity contribution < 1.29 is 14.5 Å². The van der Waals surface area contributed by atoms with Crippen molar-refractivity contribution in [2.45, 2.75) is 44.2 Å². The van der Waals surface area contributed by atoms with Crippen molar-refractivity contribution in [2.75, 3.05) is 4.90 Å². The molecule has 0 saturated heterocycles. The third-order valence-corrected chi connectivity index (χ3v) is 7.12. The third-order valence-electron chi connectivity index (χ3n) is 6.45. The van der Waals surface area contributed by atoms with Crippen molar-refractivity contribution in [1.82, 2.24) is 5.32 Å². The molecule has 3 aromatic rings. The number of rotatable bonds is 8. The van der Waals surface area contributed by atoms with Crippen LogP contribution < -0.4 is 10.2 Å². The Hall–Kier alpha value is -3.78. The molecule has 190 valence electrons. The topological polar surface area (TPSA) is 92.5 Å². The van der Waals surface area contributed by atoms with E-state index < -0.39 is 16.9 Å². The van der Waals surface area contributed by atoms with Crippen LogP contribution in [0.25, 0.3) is 6.08 Å². The zero-order valence-electron chi connectivity index (χ0n) is 20.3. The number of benzene rings is 3. The summed E-state index contributed by atoms with van der Waals surface area (Å²) >= 11 is 3.54. The zero-order chi connectivity index (χ0) is 26.2. The van der Waals surface area contributed by atoms with Gasteiger partial charge in [0.25, 0.3) is 11.6 Å². The van der Waals surface area contributed by atoms with Crippen LogP contribution in [0.4, 0.5) is 11.4 Å². The number of hydrogen-bond donors (Lipinski definition) is 1. The molecule has 0 spiro atoms. The van der Waals surface area contributed by atoms with E-state index in [1.165, 1.54) is 23.1 Å². The van der Waals surface area contributed by atoms with Crippen molar-refractivity contribution in [3.63, 3.8) is 0 Å². The van der Waals surface area contributed by atoms with Gasteiger partial charge in [0.15, 0.2) is 0 Å². The Morgan fingerprint density at radius 1 is 0.946 bits per heavy atom. The first-order chi connectivity index (χ1) is 17.9. The average Bonchev–Trinajstić information content (AvgIpc) is 2.92. The van der Waals surface area contributed by atoms with Gasteiger partial charge in [-0.15, -0.1) is 0 Å². The van der Waals surface area contributed by atoms with E-state index in [2.05, 4.69) is 21.2 Å². The fourth-order valence-corrected chi connectivity index (χ4v) is 5.04. The highest BCUT2D eigenvalue weighted by molar-refractivity contribution is 9.10. The van der Waals surface area contributed by atoms with Crippen LogP contribution in [0.3, 0.4) is 0 Å². The summed E-state index contributed by atoms with van der Waals surface area (Å²) in [4.78, 5) is 39.9. The van der Waals surface area contributed by atoms with E-state index in [0.717, 1.165) is 37.7 Å². The molecule has 8 heteroatoms. The summed E-state index contributed by atoms with van der Waals surface area (Å²) in [7, 11) is 0. The highest BCUT2D eigenvalue weighted by atomic mass is 79.9. The monoisotopic (exact) mass is 561 g/mol. The Morgan fingerprint density at radius 3 is 2.24 bits per heavy atom. The summed E-state index contributed by atoms with van der Waals surface area (Å²) in [5.41, 5.74) is 1.77. The summed E-state index contributed by atoms with van der Waals surface area (Å²) in [6, 6.07) is 21.4. The van der Waals surface area contributed by atoms with Crippen molar-refractivity contribution >= 4 is 45.2 Å². The third kappa shape index (κ3) is 6.71. The molecule has 2 amide bonds. The van der Waals surface area contributed by atoms with Crippen LogP contribution in [0.15, 0.2) is 89.4 Å². The Balaban J connectivity index is 1.78. The predicted molar refractivity (Wildman–Crippen MR) is 148 cm³/mol. The molecule has 0 bridgehead atoms. The number of carbonyl (C=O) groups is 2. The number of nitro groups is 1.